The van der Waals surface area contributed by atoms with Gasteiger partial charge in [-0.2, -0.15) is 0 Å². The Bertz CT molecular complexity index is 762. The predicted octanol–water partition coefficient (Wildman–Crippen LogP) is 6.69. The maximum atomic E-state index is 4.59. The van der Waals surface area contributed by atoms with E-state index in [1.165, 1.54) is 22.3 Å². The second kappa shape index (κ2) is 6.93. The highest BCUT2D eigenvalue weighted by molar-refractivity contribution is 7.23. The lowest BCUT2D eigenvalue weighted by Crippen LogP contribution is -2.26. The summed E-state index contributed by atoms with van der Waals surface area (Å²) in [6.07, 6.45) is 1.85. The van der Waals surface area contributed by atoms with E-state index in [2.05, 4.69) is 94.4 Å². The summed E-state index contributed by atoms with van der Waals surface area (Å²) in [6, 6.07) is 10.9. The van der Waals surface area contributed by atoms with Gasteiger partial charge in [-0.1, -0.05) is 80.5 Å². The summed E-state index contributed by atoms with van der Waals surface area (Å²) in [6.45, 7) is 20.6. The zero-order chi connectivity index (χ0) is 19.9. The zero-order valence-electron chi connectivity index (χ0n) is 17.9. The highest BCUT2D eigenvalue weighted by Gasteiger charge is 2.30. The first kappa shape index (κ1) is 20.8. The quantitative estimate of drug-likeness (QED) is 0.539. The van der Waals surface area contributed by atoms with E-state index in [-0.39, 0.29) is 16.2 Å². The van der Waals surface area contributed by atoms with Gasteiger partial charge in [0.25, 0.3) is 0 Å². The van der Waals surface area contributed by atoms with Crippen molar-refractivity contribution in [3.05, 3.63) is 64.5 Å². The van der Waals surface area contributed by atoms with E-state index < -0.39 is 0 Å². The maximum absolute atomic E-state index is 4.59. The van der Waals surface area contributed by atoms with E-state index in [1.54, 1.807) is 0 Å². The molecular formula is C24H34NP. The molecule has 0 aliphatic heterocycles. The van der Waals surface area contributed by atoms with Crippen LogP contribution in [0.1, 0.15) is 90.3 Å². The van der Waals surface area contributed by atoms with Crippen molar-refractivity contribution in [2.24, 2.45) is 0 Å². The van der Waals surface area contributed by atoms with Crippen LogP contribution in [0, 0.1) is 0 Å². The molecule has 1 nitrogen and oxygen atoms in total. The molecule has 26 heavy (non-hydrogen) atoms. The largest absolute Gasteiger partial charge is 0.256 e. The Hall–Kier alpha value is -1.46. The number of pyridine rings is 1. The third-order valence-electron chi connectivity index (χ3n) is 4.79. The second-order valence-electron chi connectivity index (χ2n) is 10.3. The molecule has 0 N–H and O–H groups in total. The molecule has 1 aromatic heterocycles. The fourth-order valence-electron chi connectivity index (χ4n) is 3.17. The number of benzene rings is 1. The summed E-state index contributed by atoms with van der Waals surface area (Å²) >= 11 is 0. The summed E-state index contributed by atoms with van der Waals surface area (Å²) < 4.78 is 0. The summed E-state index contributed by atoms with van der Waals surface area (Å²) in [5.41, 5.74) is 6.55. The molecule has 0 saturated carbocycles. The minimum atomic E-state index is 0.0310. The van der Waals surface area contributed by atoms with Gasteiger partial charge in [-0.15, -0.1) is 8.86 Å². The minimum absolute atomic E-state index is 0.0310. The molecule has 2 heteroatoms. The normalized spacial score (nSPS) is 13.0. The van der Waals surface area contributed by atoms with Crippen molar-refractivity contribution in [3.63, 3.8) is 0 Å². The van der Waals surface area contributed by atoms with Gasteiger partial charge >= 0.3 is 0 Å². The molecule has 0 amide bonds. The van der Waals surface area contributed by atoms with Crippen molar-refractivity contribution in [1.82, 2.24) is 4.98 Å². The van der Waals surface area contributed by atoms with Crippen LogP contribution in [0.5, 0.6) is 0 Å². The molecule has 0 atom stereocenters. The smallest absolute Gasteiger partial charge is 0.0748 e. The molecule has 2 aromatic rings. The summed E-state index contributed by atoms with van der Waals surface area (Å²) in [5.74, 6) is 0. The molecule has 0 bridgehead atoms. The average molecular weight is 368 g/mol. The van der Waals surface area contributed by atoms with Crippen LogP contribution in [0.3, 0.4) is 0 Å². The Labute approximate surface area is 162 Å². The summed E-state index contributed by atoms with van der Waals surface area (Å²) in [4.78, 5) is 4.59. The van der Waals surface area contributed by atoms with Gasteiger partial charge in [0, 0.05) is 11.5 Å². The average Bonchev–Trinajstić information content (AvgIpc) is 2.51. The molecular weight excluding hydrogens is 333 g/mol. The fourth-order valence-corrected chi connectivity index (χ4v) is 3.58. The van der Waals surface area contributed by atoms with Crippen LogP contribution in [0.25, 0.3) is 0 Å². The van der Waals surface area contributed by atoms with E-state index in [0.717, 1.165) is 11.0 Å². The zero-order valence-corrected chi connectivity index (χ0v) is 18.9. The van der Waals surface area contributed by atoms with Gasteiger partial charge in [-0.25, -0.2) is 0 Å². The fraction of sp³-hybridized carbons (Fsp3) is 0.500. The molecule has 0 saturated heterocycles. The van der Waals surface area contributed by atoms with Crippen molar-refractivity contribution >= 4 is 14.2 Å². The SMILES string of the molecule is CC(C)(C)c1cc(C(C)(C)C)c(C(=P)c2ccccn2)c(C(C)(C)C)c1. The van der Waals surface area contributed by atoms with E-state index in [4.69, 9.17) is 0 Å². The van der Waals surface area contributed by atoms with Gasteiger partial charge < -0.3 is 0 Å². The molecule has 0 radical (unpaired) electrons. The van der Waals surface area contributed by atoms with Crippen LogP contribution < -0.4 is 0 Å². The van der Waals surface area contributed by atoms with E-state index in [9.17, 15) is 0 Å². The highest BCUT2D eigenvalue weighted by Crippen LogP contribution is 2.39. The minimum Gasteiger partial charge on any atom is -0.256 e. The van der Waals surface area contributed by atoms with Crippen molar-refractivity contribution < 1.29 is 0 Å². The van der Waals surface area contributed by atoms with Crippen LogP contribution in [0.4, 0.5) is 0 Å². The van der Waals surface area contributed by atoms with Gasteiger partial charge in [0.1, 0.15) is 0 Å². The van der Waals surface area contributed by atoms with Crippen LogP contribution >= 0.6 is 8.86 Å². The van der Waals surface area contributed by atoms with Crippen LogP contribution in [0.15, 0.2) is 36.5 Å². The van der Waals surface area contributed by atoms with Gasteiger partial charge in [-0.3, -0.25) is 4.98 Å². The van der Waals surface area contributed by atoms with Crippen molar-refractivity contribution in [1.29, 1.82) is 0 Å². The number of nitrogens with zero attached hydrogens (tertiary/aromatic N) is 1. The van der Waals surface area contributed by atoms with E-state index in [1.807, 2.05) is 18.3 Å². The molecule has 0 spiro atoms. The topological polar surface area (TPSA) is 12.9 Å². The molecule has 140 valence electrons. The molecule has 1 heterocycles. The lowest BCUT2D eigenvalue weighted by Gasteiger charge is -2.34. The summed E-state index contributed by atoms with van der Waals surface area (Å²) in [5, 5.41) is 1.07. The third-order valence-corrected chi connectivity index (χ3v) is 5.30. The lowest BCUT2D eigenvalue weighted by molar-refractivity contribution is 0.547. The predicted molar refractivity (Wildman–Crippen MR) is 118 cm³/mol. The molecule has 2 rings (SSSR count). The van der Waals surface area contributed by atoms with E-state index in [0.29, 0.717) is 0 Å². The lowest BCUT2D eigenvalue weighted by atomic mass is 9.71. The number of hydrogen-bond acceptors (Lipinski definition) is 1. The number of rotatable bonds is 2. The Morgan fingerprint density at radius 1 is 0.769 bits per heavy atom. The van der Waals surface area contributed by atoms with Gasteiger partial charge in [0.05, 0.1) is 5.69 Å². The van der Waals surface area contributed by atoms with Crippen molar-refractivity contribution in [2.75, 3.05) is 0 Å². The van der Waals surface area contributed by atoms with Crippen molar-refractivity contribution in [3.8, 4) is 0 Å². The second-order valence-corrected chi connectivity index (χ2v) is 10.8. The molecule has 0 fully saturated rings. The third kappa shape index (κ3) is 4.44. The Morgan fingerprint density at radius 2 is 1.27 bits per heavy atom. The first-order chi connectivity index (χ1) is 11.7. The molecule has 0 unspecified atom stereocenters. The van der Waals surface area contributed by atoms with Gasteiger partial charge in [-0.05, 0) is 50.6 Å². The van der Waals surface area contributed by atoms with Gasteiger partial charge in [0.15, 0.2) is 0 Å². The van der Waals surface area contributed by atoms with Gasteiger partial charge in [0.2, 0.25) is 0 Å². The first-order valence-electron chi connectivity index (χ1n) is 9.43. The Morgan fingerprint density at radius 3 is 1.62 bits per heavy atom. The summed E-state index contributed by atoms with van der Waals surface area (Å²) in [7, 11) is 3.97. The van der Waals surface area contributed by atoms with Crippen LogP contribution in [-0.4, -0.2) is 10.3 Å². The maximum Gasteiger partial charge on any atom is 0.0748 e. The Balaban J connectivity index is 2.90. The van der Waals surface area contributed by atoms with E-state index >= 15 is 0 Å². The molecule has 1 aromatic carbocycles. The van der Waals surface area contributed by atoms with Crippen molar-refractivity contribution in [2.45, 2.75) is 78.6 Å². The number of hydrogen-bond donors (Lipinski definition) is 0. The monoisotopic (exact) mass is 367 g/mol. The first-order valence-corrected chi connectivity index (χ1v) is 9.93. The number of aromatic nitrogens is 1. The highest BCUT2D eigenvalue weighted by atomic mass is 31.0. The molecule has 0 aliphatic rings. The Kier molecular flexibility index (Phi) is 5.56. The van der Waals surface area contributed by atoms with Crippen LogP contribution in [-0.2, 0) is 16.2 Å². The molecule has 0 aliphatic carbocycles. The standard InChI is InChI=1S/C24H34NP/c1-22(2,3)16-14-17(23(4,5)6)20(18(15-16)24(7,8)9)21(26)19-12-10-11-13-25-19/h10-15,26H,1-9H3. The van der Waals surface area contributed by atoms with Crippen LogP contribution in [0.2, 0.25) is 0 Å².